The van der Waals surface area contributed by atoms with E-state index >= 15 is 0 Å². The van der Waals surface area contributed by atoms with E-state index in [9.17, 15) is 18.4 Å². The summed E-state index contributed by atoms with van der Waals surface area (Å²) in [4.78, 5) is 24.8. The van der Waals surface area contributed by atoms with E-state index < -0.39 is 11.6 Å². The highest BCUT2D eigenvalue weighted by atomic mass is 35.5. The molecule has 5 rings (SSSR count). The Bertz CT molecular complexity index is 1010. The Kier molecular flexibility index (Phi) is 5.18. The largest absolute Gasteiger partial charge is 0.496 e. The van der Waals surface area contributed by atoms with Crippen molar-refractivity contribution in [2.75, 3.05) is 13.7 Å². The Balaban J connectivity index is 1.27. The van der Waals surface area contributed by atoms with Gasteiger partial charge in [0, 0.05) is 24.1 Å². The van der Waals surface area contributed by atoms with Gasteiger partial charge < -0.3 is 14.8 Å². The topological polar surface area (TPSA) is 64.6 Å². The van der Waals surface area contributed by atoms with Crippen molar-refractivity contribution in [3.8, 4) is 11.5 Å². The molecule has 1 amide bonds. The first-order chi connectivity index (χ1) is 14.2. The molecule has 3 aliphatic carbocycles. The molecule has 0 atom stereocenters. The van der Waals surface area contributed by atoms with Crippen LogP contribution in [0.3, 0.4) is 0 Å². The van der Waals surface area contributed by atoms with E-state index in [2.05, 4.69) is 5.32 Å². The number of ketones is 1. The molecule has 0 spiro atoms. The zero-order chi connectivity index (χ0) is 21.5. The predicted octanol–water partition coefficient (Wildman–Crippen LogP) is 4.32. The highest BCUT2D eigenvalue weighted by molar-refractivity contribution is 6.30. The number of methoxy groups -OCH3 is 1. The number of halogens is 3. The monoisotopic (exact) mass is 435 g/mol. The van der Waals surface area contributed by atoms with Crippen LogP contribution in [-0.2, 0) is 4.79 Å². The quantitative estimate of drug-likeness (QED) is 0.627. The molecule has 0 heterocycles. The molecule has 30 heavy (non-hydrogen) atoms. The van der Waals surface area contributed by atoms with Crippen LogP contribution in [0, 0.1) is 17.0 Å². The standard InChI is InChI=1S/C22H20ClF2NO4/c1-29-19-6-13(24)2-4-15(19)18(27)8-21-10-22(11-21,12-21)26-20(28)9-30-14-3-5-16(23)17(25)7-14/h2-7H,8-12H2,1H3,(H,26,28). The smallest absolute Gasteiger partial charge is 0.258 e. The summed E-state index contributed by atoms with van der Waals surface area (Å²) in [5.74, 6) is -1.02. The molecule has 0 radical (unpaired) electrons. The minimum Gasteiger partial charge on any atom is -0.496 e. The van der Waals surface area contributed by atoms with Crippen molar-refractivity contribution in [2.45, 2.75) is 31.2 Å². The number of nitrogens with one attached hydrogen (secondary N) is 1. The fraction of sp³-hybridized carbons (Fsp3) is 0.364. The van der Waals surface area contributed by atoms with Crippen molar-refractivity contribution in [1.29, 1.82) is 0 Å². The Morgan fingerprint density at radius 1 is 1.13 bits per heavy atom. The minimum atomic E-state index is -0.613. The van der Waals surface area contributed by atoms with Gasteiger partial charge in [0.25, 0.3) is 5.91 Å². The average molecular weight is 436 g/mol. The van der Waals surface area contributed by atoms with Gasteiger partial charge in [-0.1, -0.05) is 11.6 Å². The van der Waals surface area contributed by atoms with Gasteiger partial charge in [0.15, 0.2) is 12.4 Å². The van der Waals surface area contributed by atoms with Crippen LogP contribution >= 0.6 is 11.6 Å². The van der Waals surface area contributed by atoms with Gasteiger partial charge in [-0.05, 0) is 48.9 Å². The lowest BCUT2D eigenvalue weighted by molar-refractivity contribution is -0.164. The number of carbonyl (C=O) groups is 2. The van der Waals surface area contributed by atoms with E-state index in [4.69, 9.17) is 21.1 Å². The number of hydrogen-bond donors (Lipinski definition) is 1. The third-order valence-corrected chi connectivity index (χ3v) is 6.11. The van der Waals surface area contributed by atoms with Crippen molar-refractivity contribution in [1.82, 2.24) is 5.32 Å². The second-order valence-corrected chi connectivity index (χ2v) is 8.58. The van der Waals surface area contributed by atoms with Gasteiger partial charge >= 0.3 is 0 Å². The fourth-order valence-electron chi connectivity index (χ4n) is 4.70. The molecule has 2 bridgehead atoms. The van der Waals surface area contributed by atoms with Gasteiger partial charge in [-0.3, -0.25) is 9.59 Å². The van der Waals surface area contributed by atoms with Gasteiger partial charge in [0.2, 0.25) is 0 Å². The first kappa shape index (κ1) is 20.6. The van der Waals surface area contributed by atoms with Gasteiger partial charge in [0.05, 0.1) is 17.7 Å². The van der Waals surface area contributed by atoms with Crippen LogP contribution < -0.4 is 14.8 Å². The van der Waals surface area contributed by atoms with Crippen molar-refractivity contribution < 1.29 is 27.8 Å². The van der Waals surface area contributed by atoms with Gasteiger partial charge in [-0.15, -0.1) is 0 Å². The molecular formula is C22H20ClF2NO4. The van der Waals surface area contributed by atoms with Crippen LogP contribution in [0.15, 0.2) is 36.4 Å². The summed E-state index contributed by atoms with van der Waals surface area (Å²) in [6.07, 6.45) is 2.44. The Hall–Kier alpha value is -2.67. The molecule has 0 saturated heterocycles. The lowest BCUT2D eigenvalue weighted by atomic mass is 9.38. The van der Waals surface area contributed by atoms with Crippen molar-refractivity contribution >= 4 is 23.3 Å². The van der Waals surface area contributed by atoms with Crippen LogP contribution in [0.1, 0.15) is 36.0 Å². The Morgan fingerprint density at radius 2 is 1.87 bits per heavy atom. The van der Waals surface area contributed by atoms with Crippen molar-refractivity contribution in [3.63, 3.8) is 0 Å². The van der Waals surface area contributed by atoms with Crippen LogP contribution in [0.2, 0.25) is 5.02 Å². The highest BCUT2D eigenvalue weighted by Gasteiger charge is 2.68. The zero-order valence-corrected chi connectivity index (χ0v) is 17.0. The maximum atomic E-state index is 13.4. The molecule has 1 N–H and O–H groups in total. The van der Waals surface area contributed by atoms with E-state index in [1.54, 1.807) is 0 Å². The first-order valence-corrected chi connectivity index (χ1v) is 9.87. The maximum Gasteiger partial charge on any atom is 0.258 e. The summed E-state index contributed by atoms with van der Waals surface area (Å²) in [6.45, 7) is -0.235. The summed E-state index contributed by atoms with van der Waals surface area (Å²) in [5.41, 5.74) is -0.0757. The normalized spacial score (nSPS) is 23.7. The number of carbonyl (C=O) groups excluding carboxylic acids is 2. The van der Waals surface area contributed by atoms with E-state index in [1.165, 1.54) is 37.4 Å². The SMILES string of the molecule is COc1cc(F)ccc1C(=O)CC12CC(NC(=O)COc3ccc(Cl)c(F)c3)(C1)C2. The van der Waals surface area contributed by atoms with Gasteiger partial charge in [-0.25, -0.2) is 8.78 Å². The lowest BCUT2D eigenvalue weighted by Gasteiger charge is -2.70. The van der Waals surface area contributed by atoms with Crippen molar-refractivity contribution in [3.05, 3.63) is 58.6 Å². The molecule has 3 aliphatic rings. The molecule has 0 unspecified atom stereocenters. The molecule has 0 aromatic heterocycles. The second-order valence-electron chi connectivity index (χ2n) is 8.17. The maximum absolute atomic E-state index is 13.4. The summed E-state index contributed by atoms with van der Waals surface area (Å²) in [7, 11) is 1.40. The van der Waals surface area contributed by atoms with E-state index in [-0.39, 0.29) is 45.8 Å². The van der Waals surface area contributed by atoms with Crippen LogP contribution in [0.5, 0.6) is 11.5 Å². The summed E-state index contributed by atoms with van der Waals surface area (Å²) in [5, 5.41) is 2.94. The Morgan fingerprint density at radius 3 is 2.53 bits per heavy atom. The number of benzene rings is 2. The number of amides is 1. The third kappa shape index (κ3) is 3.86. The molecule has 2 aromatic carbocycles. The Labute approximate surface area is 177 Å². The first-order valence-electron chi connectivity index (χ1n) is 9.49. The van der Waals surface area contributed by atoms with Gasteiger partial charge in [0.1, 0.15) is 23.1 Å². The molecule has 3 fully saturated rings. The molecular weight excluding hydrogens is 416 g/mol. The van der Waals surface area contributed by atoms with Crippen LogP contribution in [0.25, 0.3) is 0 Å². The lowest BCUT2D eigenvalue weighted by Crippen LogP contribution is -2.75. The molecule has 0 aliphatic heterocycles. The molecule has 3 saturated carbocycles. The highest BCUT2D eigenvalue weighted by Crippen LogP contribution is 2.69. The van der Waals surface area contributed by atoms with Crippen LogP contribution in [0.4, 0.5) is 8.78 Å². The fourth-order valence-corrected chi connectivity index (χ4v) is 4.81. The summed E-state index contributed by atoms with van der Waals surface area (Å²) < 4.78 is 37.2. The van der Waals surface area contributed by atoms with E-state index in [0.29, 0.717) is 31.2 Å². The summed E-state index contributed by atoms with van der Waals surface area (Å²) >= 11 is 5.62. The third-order valence-electron chi connectivity index (χ3n) is 5.81. The van der Waals surface area contributed by atoms with Crippen LogP contribution in [-0.4, -0.2) is 30.9 Å². The predicted molar refractivity (Wildman–Crippen MR) is 106 cm³/mol. The summed E-state index contributed by atoms with van der Waals surface area (Å²) in [6, 6.07) is 7.86. The minimum absolute atomic E-state index is 0.0150. The zero-order valence-electron chi connectivity index (χ0n) is 16.3. The van der Waals surface area contributed by atoms with Gasteiger partial charge in [-0.2, -0.15) is 0 Å². The van der Waals surface area contributed by atoms with E-state index in [1.807, 2.05) is 0 Å². The number of Topliss-reactive ketones (excluding diaryl/α,β-unsaturated/α-hetero) is 1. The number of ether oxygens (including phenoxy) is 2. The molecule has 8 heteroatoms. The van der Waals surface area contributed by atoms with E-state index in [0.717, 1.165) is 6.07 Å². The molecule has 158 valence electrons. The molecule has 5 nitrogen and oxygen atoms in total. The molecule has 2 aromatic rings. The number of rotatable bonds is 8. The van der Waals surface area contributed by atoms with Crippen molar-refractivity contribution in [2.24, 2.45) is 5.41 Å². The second kappa shape index (κ2) is 7.54. The average Bonchev–Trinajstić information content (AvgIpc) is 2.66. The number of hydrogen-bond acceptors (Lipinski definition) is 4.